The summed E-state index contributed by atoms with van der Waals surface area (Å²) in [5.74, 6) is 0.693. The maximum atomic E-state index is 12.7. The molecule has 2 amide bonds. The number of amides is 2. The van der Waals surface area contributed by atoms with Gasteiger partial charge in [-0.25, -0.2) is 9.78 Å². The lowest BCUT2D eigenvalue weighted by atomic mass is 10.2. The molecule has 0 N–H and O–H groups in total. The lowest BCUT2D eigenvalue weighted by molar-refractivity contribution is 0.0222. The van der Waals surface area contributed by atoms with E-state index >= 15 is 0 Å². The van der Waals surface area contributed by atoms with Crippen LogP contribution in [-0.4, -0.2) is 52.0 Å². The van der Waals surface area contributed by atoms with Gasteiger partial charge in [0.1, 0.15) is 5.60 Å². The van der Waals surface area contributed by atoms with E-state index in [9.17, 15) is 9.59 Å². The largest absolute Gasteiger partial charge is 0.444 e. The number of ether oxygens (including phenoxy) is 1. The van der Waals surface area contributed by atoms with Gasteiger partial charge in [0.2, 0.25) is 0 Å². The second-order valence-electron chi connectivity index (χ2n) is 7.83. The number of carbonyl (C=O) groups is 2. The maximum Gasteiger partial charge on any atom is 0.410 e. The van der Waals surface area contributed by atoms with Crippen LogP contribution in [0.2, 0.25) is 0 Å². The van der Waals surface area contributed by atoms with Crippen molar-refractivity contribution in [1.82, 2.24) is 14.8 Å². The molecule has 6 nitrogen and oxygen atoms in total. The molecule has 1 aromatic rings. The number of rotatable bonds is 4. The first-order chi connectivity index (χ1) is 11.8. The molecule has 1 aliphatic heterocycles. The molecule has 3 rings (SSSR count). The predicted molar refractivity (Wildman–Crippen MR) is 96.8 cm³/mol. The summed E-state index contributed by atoms with van der Waals surface area (Å²) in [4.78, 5) is 34.2. The van der Waals surface area contributed by atoms with Crippen molar-refractivity contribution in [3.63, 3.8) is 0 Å². The summed E-state index contributed by atoms with van der Waals surface area (Å²) in [6.45, 7) is 10.2. The molecule has 0 bridgehead atoms. The third kappa shape index (κ3) is 4.51. The van der Waals surface area contributed by atoms with Crippen LogP contribution in [-0.2, 0) is 17.7 Å². The molecule has 0 atom stereocenters. The molecule has 0 radical (unpaired) electrons. The highest BCUT2D eigenvalue weighted by molar-refractivity contribution is 7.13. The first-order valence-electron chi connectivity index (χ1n) is 9.02. The van der Waals surface area contributed by atoms with Gasteiger partial charge in [0.15, 0.2) is 5.01 Å². The third-order valence-corrected chi connectivity index (χ3v) is 5.55. The molecule has 25 heavy (non-hydrogen) atoms. The summed E-state index contributed by atoms with van der Waals surface area (Å²) in [6, 6.07) is 0. The van der Waals surface area contributed by atoms with E-state index in [1.54, 1.807) is 4.90 Å². The van der Waals surface area contributed by atoms with E-state index in [-0.39, 0.29) is 12.0 Å². The van der Waals surface area contributed by atoms with Crippen LogP contribution in [0.1, 0.15) is 60.9 Å². The van der Waals surface area contributed by atoms with Gasteiger partial charge in [-0.05, 0) is 46.5 Å². The SMILES string of the molecule is CCN(CC1CC1)C(=O)c1nc2c(s1)CCN(C(=O)OC(C)(C)C)C2. The molecule has 2 heterocycles. The van der Waals surface area contributed by atoms with E-state index < -0.39 is 5.60 Å². The quantitative estimate of drug-likeness (QED) is 0.821. The van der Waals surface area contributed by atoms with Crippen LogP contribution in [0.3, 0.4) is 0 Å². The zero-order valence-corrected chi connectivity index (χ0v) is 16.3. The van der Waals surface area contributed by atoms with E-state index in [4.69, 9.17) is 4.74 Å². The molecular weight excluding hydrogens is 338 g/mol. The average Bonchev–Trinajstić information content (AvgIpc) is 3.25. The first kappa shape index (κ1) is 18.2. The van der Waals surface area contributed by atoms with Gasteiger partial charge in [-0.3, -0.25) is 4.79 Å². The van der Waals surface area contributed by atoms with E-state index in [2.05, 4.69) is 4.98 Å². The van der Waals surface area contributed by atoms with Crippen molar-refractivity contribution in [2.75, 3.05) is 19.6 Å². The van der Waals surface area contributed by atoms with Crippen LogP contribution in [0.15, 0.2) is 0 Å². The topological polar surface area (TPSA) is 62.7 Å². The zero-order chi connectivity index (χ0) is 18.2. The molecule has 1 aromatic heterocycles. The molecule has 1 saturated carbocycles. The Kier molecular flexibility index (Phi) is 5.04. The molecule has 138 valence electrons. The highest BCUT2D eigenvalue weighted by atomic mass is 32.1. The Morgan fingerprint density at radius 3 is 2.68 bits per heavy atom. The molecule has 1 aliphatic carbocycles. The minimum atomic E-state index is -0.509. The van der Waals surface area contributed by atoms with Crippen molar-refractivity contribution in [2.45, 2.75) is 59.1 Å². The van der Waals surface area contributed by atoms with Crippen LogP contribution < -0.4 is 0 Å². The summed E-state index contributed by atoms with van der Waals surface area (Å²) in [5.41, 5.74) is 0.332. The smallest absolute Gasteiger partial charge is 0.410 e. The standard InChI is InChI=1S/C18H27N3O3S/c1-5-20(10-12-6-7-12)16(22)15-19-13-11-21(9-8-14(13)25-15)17(23)24-18(2,3)4/h12H,5-11H2,1-4H3. The fraction of sp³-hybridized carbons (Fsp3) is 0.722. The van der Waals surface area contributed by atoms with Crippen LogP contribution in [0.5, 0.6) is 0 Å². The minimum Gasteiger partial charge on any atom is -0.444 e. The number of fused-ring (bicyclic) bond motifs is 1. The van der Waals surface area contributed by atoms with Gasteiger partial charge in [0.05, 0.1) is 12.2 Å². The van der Waals surface area contributed by atoms with Gasteiger partial charge in [0.25, 0.3) is 5.91 Å². The molecule has 2 aliphatic rings. The minimum absolute atomic E-state index is 0.0256. The maximum absolute atomic E-state index is 12.7. The van der Waals surface area contributed by atoms with Crippen LogP contribution in [0.25, 0.3) is 0 Å². The first-order valence-corrected chi connectivity index (χ1v) is 9.84. The molecule has 0 spiro atoms. The van der Waals surface area contributed by atoms with Crippen LogP contribution in [0.4, 0.5) is 4.79 Å². The number of thiazole rings is 1. The zero-order valence-electron chi connectivity index (χ0n) is 15.5. The summed E-state index contributed by atoms with van der Waals surface area (Å²) in [6.07, 6.45) is 2.86. The van der Waals surface area contributed by atoms with Gasteiger partial charge < -0.3 is 14.5 Å². The Hall–Kier alpha value is -1.63. The highest BCUT2D eigenvalue weighted by Gasteiger charge is 2.31. The Labute approximate surface area is 153 Å². The molecular formula is C18H27N3O3S. The van der Waals surface area contributed by atoms with Crippen molar-refractivity contribution in [1.29, 1.82) is 0 Å². The van der Waals surface area contributed by atoms with Crippen LogP contribution in [0, 0.1) is 5.92 Å². The van der Waals surface area contributed by atoms with E-state index in [0.29, 0.717) is 30.6 Å². The average molecular weight is 365 g/mol. The van der Waals surface area contributed by atoms with Crippen LogP contribution >= 0.6 is 11.3 Å². The fourth-order valence-corrected chi connectivity index (χ4v) is 3.90. The van der Waals surface area contributed by atoms with Crippen molar-refractivity contribution >= 4 is 23.3 Å². The van der Waals surface area contributed by atoms with Crippen molar-refractivity contribution in [3.05, 3.63) is 15.6 Å². The van der Waals surface area contributed by atoms with Gasteiger partial charge in [0, 0.05) is 30.9 Å². The number of aromatic nitrogens is 1. The Morgan fingerprint density at radius 1 is 1.36 bits per heavy atom. The lowest BCUT2D eigenvalue weighted by Gasteiger charge is -2.29. The number of hydrogen-bond acceptors (Lipinski definition) is 5. The summed E-state index contributed by atoms with van der Waals surface area (Å²) >= 11 is 1.48. The van der Waals surface area contributed by atoms with E-state index in [0.717, 1.165) is 23.5 Å². The lowest BCUT2D eigenvalue weighted by Crippen LogP contribution is -2.39. The highest BCUT2D eigenvalue weighted by Crippen LogP contribution is 2.31. The number of hydrogen-bond donors (Lipinski definition) is 0. The monoisotopic (exact) mass is 365 g/mol. The van der Waals surface area contributed by atoms with E-state index in [1.165, 1.54) is 24.2 Å². The van der Waals surface area contributed by atoms with Crippen molar-refractivity contribution < 1.29 is 14.3 Å². The van der Waals surface area contributed by atoms with Crippen molar-refractivity contribution in [3.8, 4) is 0 Å². The Morgan fingerprint density at radius 2 is 2.08 bits per heavy atom. The fourth-order valence-electron chi connectivity index (χ4n) is 2.88. The molecule has 0 unspecified atom stereocenters. The van der Waals surface area contributed by atoms with Gasteiger partial charge in [-0.15, -0.1) is 11.3 Å². The summed E-state index contributed by atoms with van der Waals surface area (Å²) in [5, 5.41) is 0.554. The molecule has 1 fully saturated rings. The normalized spacial score (nSPS) is 17.2. The number of nitrogens with zero attached hydrogens (tertiary/aromatic N) is 3. The molecule has 0 aromatic carbocycles. The Balaban J connectivity index is 1.67. The third-order valence-electron chi connectivity index (χ3n) is 4.41. The molecule has 0 saturated heterocycles. The number of carbonyl (C=O) groups excluding carboxylic acids is 2. The van der Waals surface area contributed by atoms with E-state index in [1.807, 2.05) is 32.6 Å². The second-order valence-corrected chi connectivity index (χ2v) is 8.91. The summed E-state index contributed by atoms with van der Waals surface area (Å²) < 4.78 is 5.44. The van der Waals surface area contributed by atoms with Gasteiger partial charge >= 0.3 is 6.09 Å². The molecule has 7 heteroatoms. The predicted octanol–water partition coefficient (Wildman–Crippen LogP) is 3.31. The van der Waals surface area contributed by atoms with Gasteiger partial charge in [-0.2, -0.15) is 0 Å². The van der Waals surface area contributed by atoms with Crippen molar-refractivity contribution in [2.24, 2.45) is 5.92 Å². The Bertz CT molecular complexity index is 661. The summed E-state index contributed by atoms with van der Waals surface area (Å²) in [7, 11) is 0. The van der Waals surface area contributed by atoms with Gasteiger partial charge in [-0.1, -0.05) is 0 Å². The second kappa shape index (κ2) is 6.94.